The van der Waals surface area contributed by atoms with E-state index in [0.29, 0.717) is 5.92 Å². The number of aryl methyl sites for hydroxylation is 1. The highest BCUT2D eigenvalue weighted by Gasteiger charge is 2.37. The van der Waals surface area contributed by atoms with Crippen molar-refractivity contribution < 1.29 is 14.4 Å². The number of ether oxygens (including phenoxy) is 1. The fourth-order valence-corrected chi connectivity index (χ4v) is 4.92. The normalized spacial score (nSPS) is 24.9. The number of nitrogens with zero attached hydrogens (tertiary/aromatic N) is 3. The van der Waals surface area contributed by atoms with Gasteiger partial charge in [-0.15, -0.1) is 0 Å². The van der Waals surface area contributed by atoms with Crippen LogP contribution in [-0.4, -0.2) is 66.5 Å². The number of benzene rings is 1. The van der Waals surface area contributed by atoms with Gasteiger partial charge in [-0.25, -0.2) is 0 Å². The van der Waals surface area contributed by atoms with Crippen molar-refractivity contribution in [2.45, 2.75) is 57.6 Å². The Hall–Kier alpha value is -1.63. The van der Waals surface area contributed by atoms with E-state index in [1.165, 1.54) is 45.2 Å². The number of likely N-dealkylation sites (tertiary alicyclic amines) is 1. The molecule has 1 aromatic carbocycles. The molecule has 3 fully saturated rings. The average Bonchev–Trinajstić information content (AvgIpc) is 3.66. The van der Waals surface area contributed by atoms with E-state index in [-0.39, 0.29) is 6.10 Å². The molecular weight excluding hydrogens is 390 g/mol. The number of fused-ring (bicyclic) bond motifs is 1. The van der Waals surface area contributed by atoms with Gasteiger partial charge in [0, 0.05) is 18.5 Å². The van der Waals surface area contributed by atoms with Gasteiger partial charge in [-0.3, -0.25) is 0 Å². The third-order valence-corrected chi connectivity index (χ3v) is 7.30. The largest absolute Gasteiger partial charge is 0.493 e. The number of aromatic nitrogens is 1. The summed E-state index contributed by atoms with van der Waals surface area (Å²) < 4.78 is 12.0. The molecule has 1 aromatic heterocycles. The first-order chi connectivity index (χ1) is 15.1. The second-order valence-corrected chi connectivity index (χ2v) is 10.4. The number of piperidine rings is 1. The lowest BCUT2D eigenvalue weighted by Crippen LogP contribution is -2.35. The van der Waals surface area contributed by atoms with Gasteiger partial charge in [0.25, 0.3) is 0 Å². The predicted octanol–water partition coefficient (Wildman–Crippen LogP) is 3.70. The maximum Gasteiger partial charge on any atom is 0.175 e. The molecule has 0 spiro atoms. The second-order valence-electron chi connectivity index (χ2n) is 10.4. The van der Waals surface area contributed by atoms with Crippen LogP contribution in [0.3, 0.4) is 0 Å². The minimum atomic E-state index is -0.0322. The van der Waals surface area contributed by atoms with Crippen LogP contribution in [0.5, 0.6) is 5.75 Å². The van der Waals surface area contributed by atoms with Crippen molar-refractivity contribution in [3.8, 4) is 5.75 Å². The van der Waals surface area contributed by atoms with Crippen LogP contribution in [0.1, 0.15) is 49.8 Å². The van der Waals surface area contributed by atoms with Gasteiger partial charge in [0.05, 0.1) is 24.0 Å². The van der Waals surface area contributed by atoms with Crippen LogP contribution in [0.4, 0.5) is 0 Å². The van der Waals surface area contributed by atoms with E-state index in [0.717, 1.165) is 72.3 Å². The molecule has 0 amide bonds. The van der Waals surface area contributed by atoms with E-state index >= 15 is 0 Å². The highest BCUT2D eigenvalue weighted by Crippen LogP contribution is 2.35. The molecule has 2 saturated carbocycles. The van der Waals surface area contributed by atoms with Gasteiger partial charge in [0.15, 0.2) is 5.58 Å². The molecule has 1 unspecified atom stereocenters. The Morgan fingerprint density at radius 2 is 1.94 bits per heavy atom. The molecule has 2 aliphatic carbocycles. The van der Waals surface area contributed by atoms with Crippen LogP contribution < -0.4 is 4.74 Å². The van der Waals surface area contributed by atoms with E-state index in [9.17, 15) is 5.11 Å². The summed E-state index contributed by atoms with van der Waals surface area (Å²) >= 11 is 0. The lowest BCUT2D eigenvalue weighted by molar-refractivity contribution is 0.159. The van der Waals surface area contributed by atoms with E-state index < -0.39 is 0 Å². The highest BCUT2D eigenvalue weighted by atomic mass is 16.5. The van der Waals surface area contributed by atoms with Crippen molar-refractivity contribution >= 4 is 11.0 Å². The van der Waals surface area contributed by atoms with E-state index in [2.05, 4.69) is 41.2 Å². The van der Waals surface area contributed by atoms with Gasteiger partial charge in [-0.2, -0.15) is 0 Å². The Morgan fingerprint density at radius 1 is 1.16 bits per heavy atom. The molecule has 1 aliphatic heterocycles. The molecule has 2 heterocycles. The van der Waals surface area contributed by atoms with Crippen molar-refractivity contribution in [1.82, 2.24) is 15.0 Å². The number of aliphatic hydroxyl groups is 1. The average molecular weight is 428 g/mol. The molecule has 5 rings (SSSR count). The highest BCUT2D eigenvalue weighted by molar-refractivity contribution is 5.84. The summed E-state index contributed by atoms with van der Waals surface area (Å²) in [6.07, 6.45) is 8.20. The first-order valence-electron chi connectivity index (χ1n) is 12.1. The topological polar surface area (TPSA) is 62.0 Å². The maximum atomic E-state index is 9.57. The van der Waals surface area contributed by atoms with Gasteiger partial charge in [0.1, 0.15) is 5.75 Å². The molecule has 1 N–H and O–H groups in total. The Labute approximate surface area is 185 Å². The summed E-state index contributed by atoms with van der Waals surface area (Å²) in [5.41, 5.74) is 3.11. The number of hydrogen-bond donors (Lipinski definition) is 1. The third kappa shape index (κ3) is 5.24. The quantitative estimate of drug-likeness (QED) is 0.624. The van der Waals surface area contributed by atoms with Crippen LogP contribution in [-0.2, 0) is 13.0 Å². The summed E-state index contributed by atoms with van der Waals surface area (Å²) in [5, 5.41) is 15.2. The predicted molar refractivity (Wildman–Crippen MR) is 121 cm³/mol. The summed E-state index contributed by atoms with van der Waals surface area (Å²) in [4.78, 5) is 4.70. The molecule has 1 saturated heterocycles. The van der Waals surface area contributed by atoms with Crippen LogP contribution >= 0.6 is 0 Å². The monoisotopic (exact) mass is 427 g/mol. The van der Waals surface area contributed by atoms with Crippen molar-refractivity contribution in [3.05, 3.63) is 23.4 Å². The minimum absolute atomic E-state index is 0.0322. The Bertz CT molecular complexity index is 884. The van der Waals surface area contributed by atoms with E-state index in [4.69, 9.17) is 9.26 Å². The third-order valence-electron chi connectivity index (χ3n) is 7.30. The SMILES string of the molecule is CN(C)Cc1c(OCC2CC2)ccc2c(CCC3CCN(C[C@H]4CC4O)CC3)noc12. The van der Waals surface area contributed by atoms with Crippen molar-refractivity contribution in [2.24, 2.45) is 17.8 Å². The summed E-state index contributed by atoms with van der Waals surface area (Å²) in [7, 11) is 4.16. The molecular formula is C25H37N3O3. The maximum absolute atomic E-state index is 9.57. The van der Waals surface area contributed by atoms with Gasteiger partial charge in [0.2, 0.25) is 0 Å². The lowest BCUT2D eigenvalue weighted by atomic mass is 9.91. The molecule has 2 aromatic rings. The Morgan fingerprint density at radius 3 is 2.61 bits per heavy atom. The number of aliphatic hydroxyl groups excluding tert-OH is 1. The van der Waals surface area contributed by atoms with E-state index in [1.54, 1.807) is 0 Å². The van der Waals surface area contributed by atoms with Gasteiger partial charge in [-0.1, -0.05) is 5.16 Å². The Balaban J connectivity index is 1.21. The minimum Gasteiger partial charge on any atom is -0.493 e. The van der Waals surface area contributed by atoms with Gasteiger partial charge < -0.3 is 24.2 Å². The zero-order chi connectivity index (χ0) is 21.4. The number of rotatable bonds is 10. The van der Waals surface area contributed by atoms with Gasteiger partial charge in [-0.05, 0) is 102 Å². The molecule has 2 atom stereocenters. The molecule has 0 radical (unpaired) electrons. The standard InChI is InChI=1S/C25H37N3O3/c1-27(2)15-21-24(30-16-18-3-4-18)8-6-20-22(26-31-25(20)21)7-5-17-9-11-28(12-10-17)14-19-13-23(19)29/h6,8,17-19,23,29H,3-5,7,9-16H2,1-2H3/t19-,23?/m1/s1. The van der Waals surface area contributed by atoms with Crippen LogP contribution in [0, 0.1) is 17.8 Å². The first kappa shape index (κ1) is 21.2. The van der Waals surface area contributed by atoms with E-state index in [1.807, 2.05) is 0 Å². The van der Waals surface area contributed by atoms with Crippen molar-refractivity contribution in [1.29, 1.82) is 0 Å². The van der Waals surface area contributed by atoms with Gasteiger partial charge >= 0.3 is 0 Å². The van der Waals surface area contributed by atoms with Crippen molar-refractivity contribution in [2.75, 3.05) is 40.3 Å². The second kappa shape index (κ2) is 9.08. The number of hydrogen-bond acceptors (Lipinski definition) is 6. The molecule has 3 aliphatic rings. The summed E-state index contributed by atoms with van der Waals surface area (Å²) in [6.45, 7) is 5.03. The zero-order valence-corrected chi connectivity index (χ0v) is 19.1. The molecule has 6 heteroatoms. The van der Waals surface area contributed by atoms with Crippen LogP contribution in [0.15, 0.2) is 16.7 Å². The molecule has 170 valence electrons. The summed E-state index contributed by atoms with van der Waals surface area (Å²) in [5.74, 6) is 2.97. The van der Waals surface area contributed by atoms with Crippen molar-refractivity contribution in [3.63, 3.8) is 0 Å². The molecule has 6 nitrogen and oxygen atoms in total. The lowest BCUT2D eigenvalue weighted by Gasteiger charge is -2.31. The molecule has 31 heavy (non-hydrogen) atoms. The Kier molecular flexibility index (Phi) is 6.22. The van der Waals surface area contributed by atoms with Crippen LogP contribution in [0.2, 0.25) is 0 Å². The fraction of sp³-hybridized carbons (Fsp3) is 0.720. The van der Waals surface area contributed by atoms with Crippen LogP contribution in [0.25, 0.3) is 11.0 Å². The smallest absolute Gasteiger partial charge is 0.175 e. The fourth-order valence-electron chi connectivity index (χ4n) is 4.92. The first-order valence-corrected chi connectivity index (χ1v) is 12.1. The summed E-state index contributed by atoms with van der Waals surface area (Å²) in [6, 6.07) is 4.27. The molecule has 0 bridgehead atoms. The zero-order valence-electron chi connectivity index (χ0n) is 19.1.